The monoisotopic (exact) mass is 262 g/mol. The Morgan fingerprint density at radius 2 is 1.78 bits per heavy atom. The Hall–Kier alpha value is -1.59. The summed E-state index contributed by atoms with van der Waals surface area (Å²) in [5.41, 5.74) is -1.41. The van der Waals surface area contributed by atoms with E-state index in [9.17, 15) is 17.6 Å². The number of halogens is 4. The van der Waals surface area contributed by atoms with Crippen LogP contribution in [0.5, 0.6) is 0 Å². The normalized spacial score (nSPS) is 11.4. The minimum atomic E-state index is -4.67. The molecule has 18 heavy (non-hydrogen) atoms. The van der Waals surface area contributed by atoms with Crippen molar-refractivity contribution in [2.75, 3.05) is 13.1 Å². The van der Waals surface area contributed by atoms with E-state index in [1.165, 1.54) is 4.90 Å². The zero-order valence-electron chi connectivity index (χ0n) is 10.1. The molecule has 1 aromatic carbocycles. The number of amidine groups is 1. The van der Waals surface area contributed by atoms with Gasteiger partial charge in [-0.1, -0.05) is 0 Å². The van der Waals surface area contributed by atoms with Gasteiger partial charge in [-0.15, -0.1) is 0 Å². The van der Waals surface area contributed by atoms with Gasteiger partial charge in [0.1, 0.15) is 11.7 Å². The third kappa shape index (κ3) is 3.00. The van der Waals surface area contributed by atoms with Crippen LogP contribution in [0.15, 0.2) is 18.2 Å². The van der Waals surface area contributed by atoms with Gasteiger partial charge in [0, 0.05) is 18.7 Å². The smallest absolute Gasteiger partial charge is 0.357 e. The molecule has 1 rings (SSSR count). The van der Waals surface area contributed by atoms with E-state index in [1.807, 2.05) is 0 Å². The Labute approximate surface area is 103 Å². The first kappa shape index (κ1) is 14.5. The van der Waals surface area contributed by atoms with E-state index in [-0.39, 0.29) is 11.4 Å². The van der Waals surface area contributed by atoms with Gasteiger partial charge < -0.3 is 4.90 Å². The van der Waals surface area contributed by atoms with Crippen LogP contribution in [-0.4, -0.2) is 23.8 Å². The lowest BCUT2D eigenvalue weighted by molar-refractivity contribution is -0.137. The van der Waals surface area contributed by atoms with E-state index in [2.05, 4.69) is 0 Å². The quantitative estimate of drug-likeness (QED) is 0.503. The van der Waals surface area contributed by atoms with Gasteiger partial charge in [-0.3, -0.25) is 5.41 Å². The summed E-state index contributed by atoms with van der Waals surface area (Å²) in [7, 11) is 0. The number of rotatable bonds is 3. The molecule has 0 atom stereocenters. The third-order valence-corrected chi connectivity index (χ3v) is 2.62. The molecule has 6 heteroatoms. The topological polar surface area (TPSA) is 27.1 Å². The number of hydrogen-bond donors (Lipinski definition) is 1. The van der Waals surface area contributed by atoms with E-state index in [0.29, 0.717) is 19.2 Å². The van der Waals surface area contributed by atoms with Crippen LogP contribution < -0.4 is 0 Å². The van der Waals surface area contributed by atoms with E-state index in [0.717, 1.165) is 12.1 Å². The molecule has 1 aromatic rings. The minimum absolute atomic E-state index is 0.243. The summed E-state index contributed by atoms with van der Waals surface area (Å²) >= 11 is 0. The van der Waals surface area contributed by atoms with Gasteiger partial charge in [0.15, 0.2) is 0 Å². The third-order valence-electron chi connectivity index (χ3n) is 2.62. The summed E-state index contributed by atoms with van der Waals surface area (Å²) in [5, 5.41) is 7.78. The first-order chi connectivity index (χ1) is 8.31. The Morgan fingerprint density at radius 3 is 2.22 bits per heavy atom. The standard InChI is InChI=1S/C12H14F4N2/c1-3-18(4-2)11(17)9-6-5-8(13)7-10(9)12(14,15)16/h5-7,17H,3-4H2,1-2H3. The molecule has 100 valence electrons. The van der Waals surface area contributed by atoms with Gasteiger partial charge in [-0.05, 0) is 32.0 Å². The van der Waals surface area contributed by atoms with Gasteiger partial charge in [-0.25, -0.2) is 4.39 Å². The predicted molar refractivity (Wildman–Crippen MR) is 61.2 cm³/mol. The summed E-state index contributed by atoms with van der Waals surface area (Å²) in [6.07, 6.45) is -4.67. The zero-order chi connectivity index (χ0) is 13.9. The van der Waals surface area contributed by atoms with Crippen LogP contribution in [0.2, 0.25) is 0 Å². The summed E-state index contributed by atoms with van der Waals surface area (Å²) in [5.74, 6) is -1.20. The Kier molecular flexibility index (Phi) is 4.32. The predicted octanol–water partition coefficient (Wildman–Crippen LogP) is 3.51. The van der Waals surface area contributed by atoms with Crippen molar-refractivity contribution < 1.29 is 17.6 Å². The molecule has 0 aliphatic carbocycles. The lowest BCUT2D eigenvalue weighted by Crippen LogP contribution is -2.32. The Balaban J connectivity index is 3.28. The van der Waals surface area contributed by atoms with Gasteiger partial charge in [0.05, 0.1) is 5.56 Å². The maximum atomic E-state index is 12.9. The van der Waals surface area contributed by atoms with Crippen LogP contribution in [0.3, 0.4) is 0 Å². The van der Waals surface area contributed by atoms with Crippen molar-refractivity contribution in [2.45, 2.75) is 20.0 Å². The van der Waals surface area contributed by atoms with Gasteiger partial charge in [-0.2, -0.15) is 13.2 Å². The number of alkyl halides is 3. The molecule has 0 radical (unpaired) electrons. The molecular weight excluding hydrogens is 248 g/mol. The fourth-order valence-electron chi connectivity index (χ4n) is 1.67. The summed E-state index contributed by atoms with van der Waals surface area (Å²) < 4.78 is 51.3. The highest BCUT2D eigenvalue weighted by molar-refractivity contribution is 5.97. The molecular formula is C12H14F4N2. The molecule has 0 aliphatic heterocycles. The SMILES string of the molecule is CCN(CC)C(=N)c1ccc(F)cc1C(F)(F)F. The van der Waals surface area contributed by atoms with Crippen LogP contribution >= 0.6 is 0 Å². The molecule has 0 aliphatic rings. The van der Waals surface area contributed by atoms with Crippen molar-refractivity contribution in [2.24, 2.45) is 0 Å². The molecule has 0 spiro atoms. The van der Waals surface area contributed by atoms with Crippen molar-refractivity contribution in [1.29, 1.82) is 5.41 Å². The van der Waals surface area contributed by atoms with Crippen molar-refractivity contribution >= 4 is 5.84 Å². The molecule has 2 nitrogen and oxygen atoms in total. The van der Waals surface area contributed by atoms with Gasteiger partial charge in [0.2, 0.25) is 0 Å². The van der Waals surface area contributed by atoms with E-state index in [4.69, 9.17) is 5.41 Å². The fraction of sp³-hybridized carbons (Fsp3) is 0.417. The fourth-order valence-corrected chi connectivity index (χ4v) is 1.67. The molecule has 0 fully saturated rings. The second kappa shape index (κ2) is 5.37. The second-order valence-electron chi connectivity index (χ2n) is 3.71. The Morgan fingerprint density at radius 1 is 1.22 bits per heavy atom. The minimum Gasteiger partial charge on any atom is -0.357 e. The molecule has 0 amide bonds. The molecule has 0 saturated heterocycles. The molecule has 0 aromatic heterocycles. The van der Waals surface area contributed by atoms with E-state index >= 15 is 0 Å². The first-order valence-electron chi connectivity index (χ1n) is 5.51. The zero-order valence-corrected chi connectivity index (χ0v) is 10.1. The van der Waals surface area contributed by atoms with Crippen molar-refractivity contribution in [1.82, 2.24) is 4.90 Å². The van der Waals surface area contributed by atoms with Crippen LogP contribution in [0.1, 0.15) is 25.0 Å². The van der Waals surface area contributed by atoms with Gasteiger partial charge in [0.25, 0.3) is 0 Å². The van der Waals surface area contributed by atoms with E-state index in [1.54, 1.807) is 13.8 Å². The van der Waals surface area contributed by atoms with Crippen LogP contribution in [0, 0.1) is 11.2 Å². The molecule has 0 unspecified atom stereocenters. The van der Waals surface area contributed by atoms with Crippen molar-refractivity contribution in [3.05, 3.63) is 35.1 Å². The number of nitrogens with zero attached hydrogens (tertiary/aromatic N) is 1. The van der Waals surface area contributed by atoms with Gasteiger partial charge >= 0.3 is 6.18 Å². The molecule has 0 saturated carbocycles. The van der Waals surface area contributed by atoms with Crippen LogP contribution in [-0.2, 0) is 6.18 Å². The number of nitrogens with one attached hydrogen (secondary N) is 1. The van der Waals surface area contributed by atoms with Crippen LogP contribution in [0.25, 0.3) is 0 Å². The molecule has 0 bridgehead atoms. The first-order valence-corrected chi connectivity index (χ1v) is 5.51. The number of benzene rings is 1. The van der Waals surface area contributed by atoms with Crippen LogP contribution in [0.4, 0.5) is 17.6 Å². The largest absolute Gasteiger partial charge is 0.417 e. The van der Waals surface area contributed by atoms with Crippen molar-refractivity contribution in [3.8, 4) is 0 Å². The van der Waals surface area contributed by atoms with Crippen molar-refractivity contribution in [3.63, 3.8) is 0 Å². The molecule has 0 heterocycles. The highest BCUT2D eigenvalue weighted by Gasteiger charge is 2.35. The summed E-state index contributed by atoms with van der Waals surface area (Å²) in [6, 6.07) is 2.36. The maximum absolute atomic E-state index is 12.9. The average molecular weight is 262 g/mol. The highest BCUT2D eigenvalue weighted by atomic mass is 19.4. The second-order valence-corrected chi connectivity index (χ2v) is 3.71. The lowest BCUT2D eigenvalue weighted by atomic mass is 10.0. The summed E-state index contributed by atoms with van der Waals surface area (Å²) in [6.45, 7) is 4.33. The molecule has 1 N–H and O–H groups in total. The summed E-state index contributed by atoms with van der Waals surface area (Å²) in [4.78, 5) is 1.47. The lowest BCUT2D eigenvalue weighted by Gasteiger charge is -2.24. The Bertz CT molecular complexity index is 436. The average Bonchev–Trinajstić information content (AvgIpc) is 2.29. The number of hydrogen-bond acceptors (Lipinski definition) is 1. The van der Waals surface area contributed by atoms with E-state index < -0.39 is 17.6 Å². The highest BCUT2D eigenvalue weighted by Crippen LogP contribution is 2.33. The maximum Gasteiger partial charge on any atom is 0.417 e.